The average Bonchev–Trinajstić information content (AvgIpc) is 3.10. The first-order chi connectivity index (χ1) is 16.2. The van der Waals surface area contributed by atoms with Crippen LogP contribution in [0.3, 0.4) is 0 Å². The molecule has 2 heterocycles. The summed E-state index contributed by atoms with van der Waals surface area (Å²) in [6, 6.07) is 11.2. The number of benzene rings is 2. The van der Waals surface area contributed by atoms with Crippen LogP contribution in [0.1, 0.15) is 53.7 Å². The first kappa shape index (κ1) is 25.2. The van der Waals surface area contributed by atoms with E-state index in [-0.39, 0.29) is 24.3 Å². The second kappa shape index (κ2) is 11.2. The highest BCUT2D eigenvalue weighted by Crippen LogP contribution is 2.28. The number of aryl methyl sites for hydroxylation is 1. The summed E-state index contributed by atoms with van der Waals surface area (Å²) in [5.74, 6) is -0.833. The van der Waals surface area contributed by atoms with Crippen LogP contribution in [0.2, 0.25) is 5.02 Å². The van der Waals surface area contributed by atoms with Crippen LogP contribution in [-0.2, 0) is 27.5 Å². The van der Waals surface area contributed by atoms with Gasteiger partial charge >= 0.3 is 0 Å². The number of imide groups is 1. The van der Waals surface area contributed by atoms with Gasteiger partial charge in [0.1, 0.15) is 6.04 Å². The molecule has 0 radical (unpaired) electrons. The molecule has 3 N–H and O–H groups in total. The summed E-state index contributed by atoms with van der Waals surface area (Å²) < 4.78 is 0. The minimum absolute atomic E-state index is 0.158. The molecule has 4 amide bonds. The van der Waals surface area contributed by atoms with Gasteiger partial charge in [0.05, 0.1) is 0 Å². The summed E-state index contributed by atoms with van der Waals surface area (Å²) in [5, 5.41) is 8.89. The number of hydrogen-bond acceptors (Lipinski definition) is 5. The largest absolute Gasteiger partial charge is 0.381 e. The number of nitrogens with zero attached hydrogens (tertiary/aromatic N) is 1. The number of fused-ring (bicyclic) bond motifs is 1. The molecule has 0 spiro atoms. The molecular formula is C25H29ClN4O4. The van der Waals surface area contributed by atoms with Gasteiger partial charge in [0, 0.05) is 41.8 Å². The highest BCUT2D eigenvalue weighted by Gasteiger charge is 2.38. The molecule has 180 valence electrons. The smallest absolute Gasteiger partial charge is 0.255 e. The summed E-state index contributed by atoms with van der Waals surface area (Å²) in [5.41, 5.74) is 4.50. The predicted octanol–water partition coefficient (Wildman–Crippen LogP) is 3.16. The Balaban J connectivity index is 0.000000481. The number of halogens is 1. The summed E-state index contributed by atoms with van der Waals surface area (Å²) in [6.45, 7) is 6.75. The third-order valence-corrected chi connectivity index (χ3v) is 6.06. The van der Waals surface area contributed by atoms with Crippen molar-refractivity contribution >= 4 is 41.4 Å². The molecule has 1 unspecified atom stereocenters. The minimum atomic E-state index is -0.589. The van der Waals surface area contributed by atoms with Crippen LogP contribution in [-0.4, -0.2) is 41.1 Å². The van der Waals surface area contributed by atoms with Gasteiger partial charge in [-0.2, -0.15) is 0 Å². The molecule has 1 fully saturated rings. The summed E-state index contributed by atoms with van der Waals surface area (Å²) in [7, 11) is 0. The van der Waals surface area contributed by atoms with E-state index in [0.717, 1.165) is 22.4 Å². The van der Waals surface area contributed by atoms with E-state index < -0.39 is 11.9 Å². The van der Waals surface area contributed by atoms with Crippen molar-refractivity contribution in [2.24, 2.45) is 0 Å². The first-order valence-corrected chi connectivity index (χ1v) is 11.5. The van der Waals surface area contributed by atoms with E-state index in [4.69, 9.17) is 11.6 Å². The van der Waals surface area contributed by atoms with Gasteiger partial charge in [-0.05, 0) is 62.1 Å². The van der Waals surface area contributed by atoms with Crippen molar-refractivity contribution in [1.29, 1.82) is 0 Å². The molecule has 9 heteroatoms. The molecule has 2 aromatic rings. The standard InChI is InChI=1S/C21H20ClN3O3.C4H9NO/c1-12-2-4-15(9-17(12)22)23-10-13-3-5-16-14(8-13)11-25(21(16)28)18-6-7-19(26)24-20(18)27;1-4(2)5-3-6/h2-5,8-9,18,23H,6-7,10-11H2,1H3,(H,24,26,27);3-4H,1-2H3,(H,5,6). The Bertz CT molecular complexity index is 1100. The third-order valence-electron chi connectivity index (χ3n) is 5.66. The maximum atomic E-state index is 12.7. The quantitative estimate of drug-likeness (QED) is 0.431. The van der Waals surface area contributed by atoms with Gasteiger partial charge in [0.15, 0.2) is 0 Å². The maximum Gasteiger partial charge on any atom is 0.255 e. The first-order valence-electron chi connectivity index (χ1n) is 11.2. The van der Waals surface area contributed by atoms with Crippen molar-refractivity contribution in [2.75, 3.05) is 5.32 Å². The number of carbonyl (C=O) groups is 4. The van der Waals surface area contributed by atoms with E-state index in [0.29, 0.717) is 36.5 Å². The van der Waals surface area contributed by atoms with E-state index >= 15 is 0 Å². The fraction of sp³-hybridized carbons (Fsp3) is 0.360. The van der Waals surface area contributed by atoms with Crippen molar-refractivity contribution in [3.05, 3.63) is 63.7 Å². The van der Waals surface area contributed by atoms with E-state index in [9.17, 15) is 19.2 Å². The number of anilines is 1. The summed E-state index contributed by atoms with van der Waals surface area (Å²) >= 11 is 6.16. The molecule has 1 saturated heterocycles. The highest BCUT2D eigenvalue weighted by molar-refractivity contribution is 6.31. The fourth-order valence-corrected chi connectivity index (χ4v) is 3.96. The van der Waals surface area contributed by atoms with E-state index in [1.165, 1.54) is 0 Å². The molecule has 0 saturated carbocycles. The summed E-state index contributed by atoms with van der Waals surface area (Å²) in [4.78, 5) is 47.3. The highest BCUT2D eigenvalue weighted by atomic mass is 35.5. The average molecular weight is 485 g/mol. The zero-order valence-corrected chi connectivity index (χ0v) is 20.2. The molecule has 4 rings (SSSR count). The predicted molar refractivity (Wildman–Crippen MR) is 130 cm³/mol. The number of rotatable bonds is 6. The van der Waals surface area contributed by atoms with Crippen LogP contribution in [0.25, 0.3) is 0 Å². The van der Waals surface area contributed by atoms with Gasteiger partial charge in [-0.1, -0.05) is 29.8 Å². The van der Waals surface area contributed by atoms with Crippen molar-refractivity contribution in [1.82, 2.24) is 15.5 Å². The van der Waals surface area contributed by atoms with Crippen LogP contribution in [0, 0.1) is 6.92 Å². The lowest BCUT2D eigenvalue weighted by atomic mass is 10.0. The molecule has 8 nitrogen and oxygen atoms in total. The number of hydrogen-bond donors (Lipinski definition) is 3. The molecule has 0 aromatic heterocycles. The molecular weight excluding hydrogens is 456 g/mol. The van der Waals surface area contributed by atoms with Crippen LogP contribution in [0.15, 0.2) is 36.4 Å². The molecule has 2 aliphatic rings. The van der Waals surface area contributed by atoms with Gasteiger partial charge in [0.25, 0.3) is 5.91 Å². The Hall–Kier alpha value is -3.39. The Morgan fingerprint density at radius 3 is 2.56 bits per heavy atom. The third kappa shape index (κ3) is 6.14. The Kier molecular flexibility index (Phi) is 8.28. The van der Waals surface area contributed by atoms with Gasteiger partial charge < -0.3 is 15.5 Å². The fourth-order valence-electron chi connectivity index (χ4n) is 3.78. The van der Waals surface area contributed by atoms with Crippen molar-refractivity contribution in [2.45, 2.75) is 58.8 Å². The number of nitrogens with one attached hydrogen (secondary N) is 3. The van der Waals surface area contributed by atoms with Crippen LogP contribution >= 0.6 is 11.6 Å². The van der Waals surface area contributed by atoms with Gasteiger partial charge in [-0.25, -0.2) is 0 Å². The minimum Gasteiger partial charge on any atom is -0.381 e. The Morgan fingerprint density at radius 2 is 1.94 bits per heavy atom. The lowest BCUT2D eigenvalue weighted by Gasteiger charge is -2.29. The second-order valence-electron chi connectivity index (χ2n) is 8.65. The molecule has 2 aliphatic heterocycles. The molecule has 0 bridgehead atoms. The normalized spacial score (nSPS) is 17.0. The molecule has 0 aliphatic carbocycles. The van der Waals surface area contributed by atoms with Gasteiger partial charge in [-0.3, -0.25) is 24.5 Å². The van der Waals surface area contributed by atoms with Crippen molar-refractivity contribution < 1.29 is 19.2 Å². The number of carbonyl (C=O) groups excluding carboxylic acids is 4. The van der Waals surface area contributed by atoms with E-state index in [2.05, 4.69) is 16.0 Å². The molecule has 2 aromatic carbocycles. The SMILES string of the molecule is CC(C)NC=O.Cc1ccc(NCc2ccc3c(c2)CN(C2CCC(=O)NC2=O)C3=O)cc1Cl. The molecule has 1 atom stereocenters. The lowest BCUT2D eigenvalue weighted by Crippen LogP contribution is -2.52. The Morgan fingerprint density at radius 1 is 1.18 bits per heavy atom. The zero-order valence-electron chi connectivity index (χ0n) is 19.5. The van der Waals surface area contributed by atoms with Crippen LogP contribution in [0.4, 0.5) is 5.69 Å². The number of amides is 4. The van der Waals surface area contributed by atoms with Gasteiger partial charge in [0.2, 0.25) is 18.2 Å². The van der Waals surface area contributed by atoms with E-state index in [1.807, 2.05) is 57.2 Å². The summed E-state index contributed by atoms with van der Waals surface area (Å²) in [6.07, 6.45) is 1.32. The second-order valence-corrected chi connectivity index (χ2v) is 9.06. The van der Waals surface area contributed by atoms with Crippen molar-refractivity contribution in [3.63, 3.8) is 0 Å². The van der Waals surface area contributed by atoms with Crippen molar-refractivity contribution in [3.8, 4) is 0 Å². The monoisotopic (exact) mass is 484 g/mol. The lowest BCUT2D eigenvalue weighted by molar-refractivity contribution is -0.136. The van der Waals surface area contributed by atoms with Crippen LogP contribution < -0.4 is 16.0 Å². The Labute approximate surface area is 204 Å². The zero-order chi connectivity index (χ0) is 24.8. The number of piperidine rings is 1. The topological polar surface area (TPSA) is 108 Å². The van der Waals surface area contributed by atoms with Gasteiger partial charge in [-0.15, -0.1) is 0 Å². The molecule has 34 heavy (non-hydrogen) atoms. The maximum absolute atomic E-state index is 12.7. The van der Waals surface area contributed by atoms with E-state index in [1.54, 1.807) is 4.90 Å². The van der Waals surface area contributed by atoms with Crippen LogP contribution in [0.5, 0.6) is 0 Å².